The van der Waals surface area contributed by atoms with Gasteiger partial charge in [0.2, 0.25) is 0 Å². The zero-order chi connectivity index (χ0) is 30.1. The number of amides is 2. The molecule has 2 aliphatic rings. The fourth-order valence-electron chi connectivity index (χ4n) is 6.84. The summed E-state index contributed by atoms with van der Waals surface area (Å²) in [6, 6.07) is 32.7. The zero-order valence-electron chi connectivity index (χ0n) is 24.7. The average Bonchev–Trinajstić information content (AvgIpc) is 3.39. The Morgan fingerprint density at radius 3 is 2.14 bits per heavy atom. The van der Waals surface area contributed by atoms with Crippen LogP contribution in [0.15, 0.2) is 103 Å². The minimum absolute atomic E-state index is 0.173. The van der Waals surface area contributed by atoms with Crippen LogP contribution in [-0.2, 0) is 25.5 Å². The quantitative estimate of drug-likeness (QED) is 0.168. The van der Waals surface area contributed by atoms with Crippen LogP contribution in [0.3, 0.4) is 0 Å². The predicted octanol–water partition coefficient (Wildman–Crippen LogP) is 6.49. The first-order valence-corrected chi connectivity index (χ1v) is 14.8. The molecular formula is C36H36N2O5. The maximum Gasteiger partial charge on any atom is 0.412 e. The average molecular weight is 577 g/mol. The molecule has 2 aliphatic heterocycles. The molecule has 0 aromatic heterocycles. The summed E-state index contributed by atoms with van der Waals surface area (Å²) in [5.41, 5.74) is 1.39. The number of fused-ring (bicyclic) bond motifs is 1. The van der Waals surface area contributed by atoms with Crippen molar-refractivity contribution in [1.29, 1.82) is 0 Å². The van der Waals surface area contributed by atoms with E-state index in [1.54, 1.807) is 9.80 Å². The van der Waals surface area contributed by atoms with Crippen molar-refractivity contribution in [2.75, 3.05) is 13.7 Å². The number of methoxy groups -OCH3 is 1. The Kier molecular flexibility index (Phi) is 7.65. The van der Waals surface area contributed by atoms with Gasteiger partial charge in [-0.1, -0.05) is 117 Å². The van der Waals surface area contributed by atoms with E-state index in [-0.39, 0.29) is 24.8 Å². The molecule has 0 aliphatic carbocycles. The normalized spacial score (nSPS) is 23.4. The van der Waals surface area contributed by atoms with Crippen molar-refractivity contribution in [3.63, 3.8) is 0 Å². The van der Waals surface area contributed by atoms with Crippen LogP contribution >= 0.6 is 0 Å². The summed E-state index contributed by atoms with van der Waals surface area (Å²) >= 11 is 0. The van der Waals surface area contributed by atoms with Gasteiger partial charge < -0.3 is 14.4 Å². The zero-order valence-corrected chi connectivity index (χ0v) is 24.7. The Balaban J connectivity index is 1.53. The second-order valence-electron chi connectivity index (χ2n) is 11.9. The lowest BCUT2D eigenvalue weighted by atomic mass is 9.69. The Morgan fingerprint density at radius 2 is 1.49 bits per heavy atom. The van der Waals surface area contributed by atoms with Crippen molar-refractivity contribution >= 4 is 28.7 Å². The highest BCUT2D eigenvalue weighted by molar-refractivity contribution is 6.00. The molecule has 2 fully saturated rings. The standard InChI is InChI=1S/C36H36N2O5/c1-24(2)20-30-36(34(40)37(30)23-31(39)42-3,22-25-18-19-26-12-10-11-17-29(26)21-25)38-32(27-13-6-4-7-14-27)33(43-35(38)41)28-15-8-5-9-16-28/h4-19,21,24,30,32-33H,20,22-23H2,1-3H3/t30-,32+,33-,36-/m1/s1. The number of carbonyl (C=O) groups excluding carboxylic acids is 3. The Hall–Kier alpha value is -4.65. The minimum atomic E-state index is -1.28. The summed E-state index contributed by atoms with van der Waals surface area (Å²) in [5.74, 6) is -0.580. The molecule has 4 aromatic rings. The maximum atomic E-state index is 14.6. The molecule has 6 rings (SSSR count). The lowest BCUT2D eigenvalue weighted by molar-refractivity contribution is -0.181. The molecule has 0 spiro atoms. The van der Waals surface area contributed by atoms with Crippen LogP contribution in [0.4, 0.5) is 4.79 Å². The number of carbonyl (C=O) groups is 3. The van der Waals surface area contributed by atoms with Gasteiger partial charge in [-0.15, -0.1) is 0 Å². The van der Waals surface area contributed by atoms with Crippen LogP contribution in [0.1, 0.15) is 49.1 Å². The molecular weight excluding hydrogens is 540 g/mol. The molecule has 0 saturated carbocycles. The third-order valence-corrected chi connectivity index (χ3v) is 8.76. The Labute approximate surface area is 252 Å². The van der Waals surface area contributed by atoms with Gasteiger partial charge in [-0.2, -0.15) is 0 Å². The summed E-state index contributed by atoms with van der Waals surface area (Å²) in [7, 11) is 1.32. The number of rotatable bonds is 9. The number of cyclic esters (lactones) is 1. The molecule has 7 heteroatoms. The van der Waals surface area contributed by atoms with Gasteiger partial charge in [-0.05, 0) is 39.8 Å². The van der Waals surface area contributed by atoms with E-state index < -0.39 is 35.8 Å². The second kappa shape index (κ2) is 11.6. The van der Waals surface area contributed by atoms with Gasteiger partial charge in [-0.25, -0.2) is 4.79 Å². The van der Waals surface area contributed by atoms with Crippen molar-refractivity contribution in [3.05, 3.63) is 120 Å². The molecule has 7 nitrogen and oxygen atoms in total. The molecule has 2 amide bonds. The molecule has 0 N–H and O–H groups in total. The first kappa shape index (κ1) is 28.5. The van der Waals surface area contributed by atoms with Crippen molar-refractivity contribution in [2.45, 2.75) is 50.4 Å². The molecule has 4 aromatic carbocycles. The first-order chi connectivity index (χ1) is 20.8. The van der Waals surface area contributed by atoms with Crippen molar-refractivity contribution < 1.29 is 23.9 Å². The number of β-lactam (4-membered cyclic amide) rings is 1. The van der Waals surface area contributed by atoms with Crippen LogP contribution < -0.4 is 0 Å². The first-order valence-electron chi connectivity index (χ1n) is 14.8. The molecule has 220 valence electrons. The molecule has 0 unspecified atom stereocenters. The number of hydrogen-bond donors (Lipinski definition) is 0. The highest BCUT2D eigenvalue weighted by atomic mass is 16.6. The van der Waals surface area contributed by atoms with Gasteiger partial charge in [0.25, 0.3) is 5.91 Å². The number of benzene rings is 4. The van der Waals surface area contributed by atoms with Gasteiger partial charge in [0, 0.05) is 6.42 Å². The maximum absolute atomic E-state index is 14.6. The lowest BCUT2D eigenvalue weighted by Gasteiger charge is -2.60. The van der Waals surface area contributed by atoms with Gasteiger partial charge in [0.15, 0.2) is 6.10 Å². The van der Waals surface area contributed by atoms with E-state index in [2.05, 4.69) is 32.0 Å². The van der Waals surface area contributed by atoms with Crippen LogP contribution in [0, 0.1) is 5.92 Å². The SMILES string of the molecule is COC(=O)CN1C(=O)[C@](Cc2ccc3ccccc3c2)(N2C(=O)O[C@H](c3ccccc3)[C@@H]2c2ccccc2)[C@H]1CC(C)C. The predicted molar refractivity (Wildman–Crippen MR) is 164 cm³/mol. The summed E-state index contributed by atoms with van der Waals surface area (Å²) < 4.78 is 11.1. The fraction of sp³-hybridized carbons (Fsp3) is 0.306. The van der Waals surface area contributed by atoms with Gasteiger partial charge in [-0.3, -0.25) is 14.5 Å². The Morgan fingerprint density at radius 1 is 0.860 bits per heavy atom. The third kappa shape index (κ3) is 5.03. The van der Waals surface area contributed by atoms with Gasteiger partial charge >= 0.3 is 12.1 Å². The molecule has 4 atom stereocenters. The van der Waals surface area contributed by atoms with Crippen LogP contribution in [0.25, 0.3) is 10.8 Å². The summed E-state index contributed by atoms with van der Waals surface area (Å²) in [6.07, 6.45) is -0.279. The van der Waals surface area contributed by atoms with Gasteiger partial charge in [0.1, 0.15) is 18.1 Å². The highest BCUT2D eigenvalue weighted by Gasteiger charge is 2.69. The van der Waals surface area contributed by atoms with Crippen LogP contribution in [-0.4, -0.2) is 53.0 Å². The summed E-state index contributed by atoms with van der Waals surface area (Å²) in [4.78, 5) is 44.6. The van der Waals surface area contributed by atoms with E-state index in [0.29, 0.717) is 6.42 Å². The highest BCUT2D eigenvalue weighted by Crippen LogP contribution is 2.53. The molecule has 0 bridgehead atoms. The van der Waals surface area contributed by atoms with Crippen molar-refractivity contribution in [2.24, 2.45) is 5.92 Å². The molecule has 43 heavy (non-hydrogen) atoms. The van der Waals surface area contributed by atoms with E-state index in [1.165, 1.54) is 7.11 Å². The Bertz CT molecular complexity index is 1640. The van der Waals surface area contributed by atoms with E-state index in [1.807, 2.05) is 84.9 Å². The topological polar surface area (TPSA) is 76.2 Å². The largest absolute Gasteiger partial charge is 0.468 e. The number of hydrogen-bond acceptors (Lipinski definition) is 5. The van der Waals surface area contributed by atoms with Crippen LogP contribution in [0.5, 0.6) is 0 Å². The number of ether oxygens (including phenoxy) is 2. The number of nitrogens with zero attached hydrogens (tertiary/aromatic N) is 2. The van der Waals surface area contributed by atoms with E-state index in [9.17, 15) is 14.4 Å². The van der Waals surface area contributed by atoms with Gasteiger partial charge in [0.05, 0.1) is 13.2 Å². The smallest absolute Gasteiger partial charge is 0.412 e. The van der Waals surface area contributed by atoms with Crippen molar-refractivity contribution in [1.82, 2.24) is 9.80 Å². The summed E-state index contributed by atoms with van der Waals surface area (Å²) in [6.45, 7) is 4.00. The fourth-order valence-corrected chi connectivity index (χ4v) is 6.84. The minimum Gasteiger partial charge on any atom is -0.468 e. The van der Waals surface area contributed by atoms with E-state index >= 15 is 0 Å². The second-order valence-corrected chi connectivity index (χ2v) is 11.9. The summed E-state index contributed by atoms with van der Waals surface area (Å²) in [5, 5.41) is 2.15. The third-order valence-electron chi connectivity index (χ3n) is 8.76. The van der Waals surface area contributed by atoms with E-state index in [4.69, 9.17) is 9.47 Å². The van der Waals surface area contributed by atoms with Crippen molar-refractivity contribution in [3.8, 4) is 0 Å². The molecule has 2 saturated heterocycles. The lowest BCUT2D eigenvalue weighted by Crippen LogP contribution is -2.81. The van der Waals surface area contributed by atoms with Crippen LogP contribution in [0.2, 0.25) is 0 Å². The molecule has 2 heterocycles. The number of likely N-dealkylation sites (tertiary alicyclic amines) is 1. The number of esters is 1. The molecule has 0 radical (unpaired) electrons. The van der Waals surface area contributed by atoms with E-state index in [0.717, 1.165) is 27.5 Å². The monoisotopic (exact) mass is 576 g/mol.